The van der Waals surface area contributed by atoms with Crippen molar-refractivity contribution in [2.45, 2.75) is 6.92 Å². The lowest BCUT2D eigenvalue weighted by molar-refractivity contribution is -0.141. The molecular weight excluding hydrogens is 324 g/mol. The Bertz CT molecular complexity index is 857. The van der Waals surface area contributed by atoms with Crippen LogP contribution in [0.5, 0.6) is 17.2 Å². The summed E-state index contributed by atoms with van der Waals surface area (Å²) in [7, 11) is 0. The van der Waals surface area contributed by atoms with Gasteiger partial charge in [-0.25, -0.2) is 0 Å². The summed E-state index contributed by atoms with van der Waals surface area (Å²) in [6, 6.07) is 10.6. The number of hydrogen-bond acceptors (Lipinski definition) is 6. The summed E-state index contributed by atoms with van der Waals surface area (Å²) in [5, 5.41) is 28.8. The van der Waals surface area contributed by atoms with Gasteiger partial charge in [0.1, 0.15) is 23.9 Å². The molecule has 1 aliphatic heterocycles. The smallest absolute Gasteiger partial charge is 0.310 e. The van der Waals surface area contributed by atoms with Gasteiger partial charge in [-0.2, -0.15) is 0 Å². The molecular formula is C19H16O6. The topological polar surface area (TPSA) is 96.2 Å². The Hall–Kier alpha value is -3.41. The quantitative estimate of drug-likeness (QED) is 0.743. The Labute approximate surface area is 143 Å². The van der Waals surface area contributed by atoms with Crippen LogP contribution in [0, 0.1) is 0 Å². The van der Waals surface area contributed by atoms with Crippen LogP contribution in [-0.2, 0) is 14.3 Å². The third-order valence-electron chi connectivity index (χ3n) is 3.59. The maximum atomic E-state index is 11.3. The van der Waals surface area contributed by atoms with Crippen LogP contribution in [0.15, 0.2) is 54.5 Å². The van der Waals surface area contributed by atoms with E-state index in [-0.39, 0.29) is 29.8 Å². The number of ether oxygens (including phenoxy) is 2. The summed E-state index contributed by atoms with van der Waals surface area (Å²) in [5.74, 6) is -0.490. The lowest BCUT2D eigenvalue weighted by Crippen LogP contribution is -2.11. The first kappa shape index (κ1) is 16.4. The predicted octanol–water partition coefficient (Wildman–Crippen LogP) is 3.15. The van der Waals surface area contributed by atoms with E-state index in [1.807, 2.05) is 0 Å². The zero-order chi connectivity index (χ0) is 18.0. The Morgan fingerprint density at radius 3 is 2.20 bits per heavy atom. The van der Waals surface area contributed by atoms with E-state index in [1.54, 1.807) is 18.2 Å². The third-order valence-corrected chi connectivity index (χ3v) is 3.59. The molecule has 0 atom stereocenters. The summed E-state index contributed by atoms with van der Waals surface area (Å²) in [4.78, 5) is 11.3. The van der Waals surface area contributed by atoms with E-state index in [1.165, 1.54) is 37.3 Å². The van der Waals surface area contributed by atoms with Crippen molar-refractivity contribution in [3.05, 3.63) is 65.6 Å². The molecule has 128 valence electrons. The second-order valence-electron chi connectivity index (χ2n) is 5.54. The van der Waals surface area contributed by atoms with E-state index in [9.17, 15) is 20.1 Å². The zero-order valence-corrected chi connectivity index (χ0v) is 13.4. The molecule has 6 nitrogen and oxygen atoms in total. The highest BCUT2D eigenvalue weighted by Gasteiger charge is 2.21. The number of benzene rings is 2. The standard InChI is InChI=1S/C19H16O6/c1-11(20)25-19-18(12-2-4-15(21)5-3-12)8-14(10-24-19)13-6-16(22)9-17(23)7-13/h2-9,21-23H,10H2,1H3. The van der Waals surface area contributed by atoms with Crippen molar-refractivity contribution in [1.29, 1.82) is 0 Å². The minimum atomic E-state index is -0.516. The number of hydrogen-bond donors (Lipinski definition) is 3. The molecule has 0 saturated carbocycles. The largest absolute Gasteiger partial charge is 0.508 e. The Kier molecular flexibility index (Phi) is 4.35. The maximum Gasteiger partial charge on any atom is 0.310 e. The normalized spacial score (nSPS) is 13.9. The fourth-order valence-electron chi connectivity index (χ4n) is 2.50. The molecule has 3 rings (SSSR count). The van der Waals surface area contributed by atoms with Crippen LogP contribution in [0.1, 0.15) is 18.1 Å². The van der Waals surface area contributed by atoms with Gasteiger partial charge in [0.15, 0.2) is 0 Å². The summed E-state index contributed by atoms with van der Waals surface area (Å²) in [6.45, 7) is 1.38. The molecule has 0 amide bonds. The Morgan fingerprint density at radius 1 is 0.960 bits per heavy atom. The van der Waals surface area contributed by atoms with Crippen LogP contribution >= 0.6 is 0 Å². The van der Waals surface area contributed by atoms with Gasteiger partial charge in [0.05, 0.1) is 5.57 Å². The lowest BCUT2D eigenvalue weighted by Gasteiger charge is -2.21. The zero-order valence-electron chi connectivity index (χ0n) is 13.4. The summed E-state index contributed by atoms with van der Waals surface area (Å²) in [5.41, 5.74) is 2.45. The molecule has 0 unspecified atom stereocenters. The molecule has 2 aromatic rings. The van der Waals surface area contributed by atoms with Gasteiger partial charge in [-0.1, -0.05) is 12.1 Å². The fourth-order valence-corrected chi connectivity index (χ4v) is 2.50. The van der Waals surface area contributed by atoms with Gasteiger partial charge in [-0.05, 0) is 47.0 Å². The highest BCUT2D eigenvalue weighted by atomic mass is 16.7. The van der Waals surface area contributed by atoms with Gasteiger partial charge in [-0.15, -0.1) is 0 Å². The number of allylic oxidation sites excluding steroid dienone is 2. The van der Waals surface area contributed by atoms with Gasteiger partial charge in [0.2, 0.25) is 0 Å². The highest BCUT2D eigenvalue weighted by molar-refractivity contribution is 5.87. The van der Waals surface area contributed by atoms with Crippen LogP contribution < -0.4 is 0 Å². The second kappa shape index (κ2) is 6.60. The van der Waals surface area contributed by atoms with E-state index in [0.29, 0.717) is 22.3 Å². The van der Waals surface area contributed by atoms with Crippen LogP contribution in [-0.4, -0.2) is 27.9 Å². The Balaban J connectivity index is 2.09. The molecule has 1 heterocycles. The predicted molar refractivity (Wildman–Crippen MR) is 90.5 cm³/mol. The van der Waals surface area contributed by atoms with E-state index in [0.717, 1.165) is 0 Å². The number of carbonyl (C=O) groups is 1. The first-order valence-electron chi connectivity index (χ1n) is 7.51. The molecule has 2 aromatic carbocycles. The van der Waals surface area contributed by atoms with Crippen LogP contribution in [0.2, 0.25) is 0 Å². The van der Waals surface area contributed by atoms with E-state index < -0.39 is 5.97 Å². The fraction of sp³-hybridized carbons (Fsp3) is 0.105. The van der Waals surface area contributed by atoms with E-state index >= 15 is 0 Å². The van der Waals surface area contributed by atoms with Crippen molar-refractivity contribution in [1.82, 2.24) is 0 Å². The van der Waals surface area contributed by atoms with E-state index in [4.69, 9.17) is 9.47 Å². The van der Waals surface area contributed by atoms with Gasteiger partial charge in [0, 0.05) is 13.0 Å². The first-order chi connectivity index (χ1) is 11.9. The van der Waals surface area contributed by atoms with Crippen LogP contribution in [0.25, 0.3) is 11.1 Å². The molecule has 0 bridgehead atoms. The molecule has 0 aromatic heterocycles. The molecule has 0 spiro atoms. The molecule has 0 radical (unpaired) electrons. The third kappa shape index (κ3) is 3.74. The molecule has 3 N–H and O–H groups in total. The molecule has 1 aliphatic rings. The van der Waals surface area contributed by atoms with Crippen molar-refractivity contribution in [2.75, 3.05) is 6.61 Å². The highest BCUT2D eigenvalue weighted by Crippen LogP contribution is 2.34. The number of phenols is 3. The summed E-state index contributed by atoms with van der Waals surface area (Å²) in [6.07, 6.45) is 1.75. The molecule has 0 fully saturated rings. The van der Waals surface area contributed by atoms with Crippen molar-refractivity contribution < 1.29 is 29.6 Å². The van der Waals surface area contributed by atoms with Gasteiger partial charge in [-0.3, -0.25) is 4.79 Å². The maximum absolute atomic E-state index is 11.3. The van der Waals surface area contributed by atoms with Crippen LogP contribution in [0.3, 0.4) is 0 Å². The molecule has 0 saturated heterocycles. The van der Waals surface area contributed by atoms with E-state index in [2.05, 4.69) is 0 Å². The minimum absolute atomic E-state index is 0.0614. The number of esters is 1. The first-order valence-corrected chi connectivity index (χ1v) is 7.51. The van der Waals surface area contributed by atoms with Crippen LogP contribution in [0.4, 0.5) is 0 Å². The minimum Gasteiger partial charge on any atom is -0.508 e. The molecule has 0 aliphatic carbocycles. The van der Waals surface area contributed by atoms with Gasteiger partial charge < -0.3 is 24.8 Å². The van der Waals surface area contributed by atoms with Crippen molar-refractivity contribution in [3.8, 4) is 17.2 Å². The molecule has 25 heavy (non-hydrogen) atoms. The molecule has 6 heteroatoms. The SMILES string of the molecule is CC(=O)OC1=C(c2ccc(O)cc2)C=C(c2cc(O)cc(O)c2)CO1. The monoisotopic (exact) mass is 340 g/mol. The number of rotatable bonds is 3. The second-order valence-corrected chi connectivity index (χ2v) is 5.54. The number of phenolic OH excluding ortho intramolecular Hbond substituents is 3. The number of carbonyl (C=O) groups excluding carboxylic acids is 1. The lowest BCUT2D eigenvalue weighted by atomic mass is 9.97. The van der Waals surface area contributed by atoms with Gasteiger partial charge in [0.25, 0.3) is 5.95 Å². The van der Waals surface area contributed by atoms with Crippen molar-refractivity contribution >= 4 is 17.1 Å². The van der Waals surface area contributed by atoms with Crippen molar-refractivity contribution in [2.24, 2.45) is 0 Å². The average molecular weight is 340 g/mol. The summed E-state index contributed by atoms with van der Waals surface area (Å²) >= 11 is 0. The Morgan fingerprint density at radius 2 is 1.60 bits per heavy atom. The van der Waals surface area contributed by atoms with Crippen molar-refractivity contribution in [3.63, 3.8) is 0 Å². The van der Waals surface area contributed by atoms with Gasteiger partial charge >= 0.3 is 5.97 Å². The average Bonchev–Trinajstić information content (AvgIpc) is 2.54. The summed E-state index contributed by atoms with van der Waals surface area (Å²) < 4.78 is 10.7. The number of aromatic hydroxyl groups is 3.